The number of aromatic nitrogens is 1. The van der Waals surface area contributed by atoms with Crippen LogP contribution in [0.25, 0.3) is 11.3 Å². The summed E-state index contributed by atoms with van der Waals surface area (Å²) in [7, 11) is 5.86. The molecule has 0 atom stereocenters. The number of aliphatic carboxylic acids is 3. The van der Waals surface area contributed by atoms with E-state index in [-0.39, 0.29) is 5.91 Å². The molecule has 11 nitrogen and oxygen atoms in total. The molecule has 0 saturated carbocycles. The fourth-order valence-electron chi connectivity index (χ4n) is 2.88. The third-order valence-corrected chi connectivity index (χ3v) is 6.05. The minimum Gasteiger partial charge on any atom is -0.481 e. The highest BCUT2D eigenvalue weighted by Crippen LogP contribution is 2.29. The van der Waals surface area contributed by atoms with Crippen molar-refractivity contribution in [3.63, 3.8) is 0 Å². The summed E-state index contributed by atoms with van der Waals surface area (Å²) < 4.78 is 0. The van der Waals surface area contributed by atoms with Gasteiger partial charge in [-0.2, -0.15) is 0 Å². The number of likely N-dealkylation sites (N-methyl/N-ethyl adjacent to an activating group) is 2. The van der Waals surface area contributed by atoms with Crippen LogP contribution in [0.1, 0.15) is 22.7 Å². The topological polar surface area (TPSA) is 169 Å². The monoisotopic (exact) mass is 543 g/mol. The average Bonchev–Trinajstić information content (AvgIpc) is 3.11. The van der Waals surface area contributed by atoms with Crippen LogP contribution < -0.4 is 0 Å². The molecule has 4 N–H and O–H groups in total. The quantitative estimate of drug-likeness (QED) is 0.329. The van der Waals surface area contributed by atoms with Gasteiger partial charge in [0.1, 0.15) is 0 Å². The Balaban J connectivity index is 0.000000426. The molecule has 0 aliphatic heterocycles. The van der Waals surface area contributed by atoms with Gasteiger partial charge in [0.2, 0.25) is 5.91 Å². The molecule has 1 aromatic carbocycles. The normalized spacial score (nSPS) is 11.0. The van der Waals surface area contributed by atoms with Gasteiger partial charge in [0.25, 0.3) is 0 Å². The molecule has 0 unspecified atom stereocenters. The van der Waals surface area contributed by atoms with Crippen molar-refractivity contribution in [1.29, 1.82) is 0 Å². The number of thiazole rings is 1. The Morgan fingerprint density at radius 3 is 1.94 bits per heavy atom. The highest BCUT2D eigenvalue weighted by Gasteiger charge is 2.40. The molecule has 1 amide bonds. The molecule has 36 heavy (non-hydrogen) atoms. The van der Waals surface area contributed by atoms with E-state index in [4.69, 9.17) is 32.0 Å². The number of hydrogen-bond donors (Lipinski definition) is 4. The van der Waals surface area contributed by atoms with E-state index in [1.165, 1.54) is 0 Å². The second kappa shape index (κ2) is 13.9. The summed E-state index contributed by atoms with van der Waals surface area (Å²) in [4.78, 5) is 52.4. The molecule has 2 aromatic rings. The summed E-state index contributed by atoms with van der Waals surface area (Å²) in [5.74, 6) is -4.90. The number of amides is 1. The second-order valence-electron chi connectivity index (χ2n) is 8.28. The van der Waals surface area contributed by atoms with Crippen LogP contribution >= 0.6 is 22.9 Å². The number of carbonyl (C=O) groups excluding carboxylic acids is 1. The third-order valence-electron chi connectivity index (χ3n) is 4.83. The number of nitrogens with zero attached hydrogens (tertiary/aromatic N) is 3. The number of aliphatic hydroxyl groups is 1. The largest absolute Gasteiger partial charge is 0.481 e. The van der Waals surface area contributed by atoms with Gasteiger partial charge in [-0.3, -0.25) is 14.4 Å². The van der Waals surface area contributed by atoms with Gasteiger partial charge in [-0.1, -0.05) is 23.7 Å². The van der Waals surface area contributed by atoms with Crippen LogP contribution in [0.3, 0.4) is 0 Å². The summed E-state index contributed by atoms with van der Waals surface area (Å²) in [6.07, 6.45) is -1.91. The van der Waals surface area contributed by atoms with Crippen molar-refractivity contribution < 1.29 is 39.6 Å². The number of benzene rings is 1. The van der Waals surface area contributed by atoms with E-state index in [0.717, 1.165) is 34.2 Å². The summed E-state index contributed by atoms with van der Waals surface area (Å²) in [6.45, 7) is 3.54. The molecule has 0 fully saturated rings. The number of halogens is 1. The molecule has 198 valence electrons. The first kappa shape index (κ1) is 31.0. The fraction of sp³-hybridized carbons (Fsp3) is 0.435. The summed E-state index contributed by atoms with van der Waals surface area (Å²) >= 11 is 7.53. The zero-order valence-corrected chi connectivity index (χ0v) is 22.0. The zero-order valence-electron chi connectivity index (χ0n) is 20.4. The van der Waals surface area contributed by atoms with Gasteiger partial charge < -0.3 is 30.2 Å². The molecular weight excluding hydrogens is 514 g/mol. The third kappa shape index (κ3) is 10.3. The van der Waals surface area contributed by atoms with Crippen LogP contribution in [0.15, 0.2) is 24.3 Å². The number of aryl methyl sites for hydroxylation is 1. The predicted octanol–water partition coefficient (Wildman–Crippen LogP) is 2.09. The van der Waals surface area contributed by atoms with E-state index in [9.17, 15) is 19.2 Å². The molecule has 0 aliphatic carbocycles. The fourth-order valence-corrected chi connectivity index (χ4v) is 3.96. The smallest absolute Gasteiger partial charge is 0.336 e. The minimum absolute atomic E-state index is 0.116. The first-order valence-electron chi connectivity index (χ1n) is 10.6. The first-order chi connectivity index (χ1) is 16.6. The van der Waals surface area contributed by atoms with Crippen LogP contribution in [0.2, 0.25) is 5.02 Å². The second-order valence-corrected chi connectivity index (χ2v) is 10.0. The minimum atomic E-state index is -2.74. The Morgan fingerprint density at radius 2 is 1.50 bits per heavy atom. The Kier molecular flexibility index (Phi) is 11.9. The van der Waals surface area contributed by atoms with E-state index in [0.29, 0.717) is 11.4 Å². The van der Waals surface area contributed by atoms with E-state index in [1.807, 2.05) is 52.3 Å². The highest BCUT2D eigenvalue weighted by molar-refractivity contribution is 7.12. The molecule has 0 aliphatic rings. The van der Waals surface area contributed by atoms with E-state index < -0.39 is 36.4 Å². The van der Waals surface area contributed by atoms with E-state index in [2.05, 4.69) is 9.88 Å². The number of carbonyl (C=O) groups is 4. The average molecular weight is 544 g/mol. The van der Waals surface area contributed by atoms with Crippen molar-refractivity contribution >= 4 is 46.8 Å². The molecule has 0 radical (unpaired) electrons. The molecule has 1 heterocycles. The maximum atomic E-state index is 12.4. The van der Waals surface area contributed by atoms with Crippen molar-refractivity contribution in [3.05, 3.63) is 39.2 Å². The van der Waals surface area contributed by atoms with Gasteiger partial charge in [0.05, 0.1) is 30.0 Å². The van der Waals surface area contributed by atoms with Gasteiger partial charge in [-0.25, -0.2) is 9.78 Å². The van der Waals surface area contributed by atoms with Gasteiger partial charge in [0.15, 0.2) is 5.60 Å². The van der Waals surface area contributed by atoms with Crippen LogP contribution in [-0.2, 0) is 25.6 Å². The van der Waals surface area contributed by atoms with Crippen molar-refractivity contribution in [2.45, 2.75) is 31.8 Å². The lowest BCUT2D eigenvalue weighted by molar-refractivity contribution is -0.170. The maximum Gasteiger partial charge on any atom is 0.336 e. The predicted molar refractivity (Wildman–Crippen MR) is 134 cm³/mol. The lowest BCUT2D eigenvalue weighted by Gasteiger charge is -2.19. The van der Waals surface area contributed by atoms with E-state index >= 15 is 0 Å². The zero-order chi connectivity index (χ0) is 27.6. The van der Waals surface area contributed by atoms with Crippen molar-refractivity contribution in [3.8, 4) is 11.3 Å². The number of hydrogen-bond acceptors (Lipinski definition) is 8. The Labute approximate surface area is 217 Å². The number of carboxylic acid groups (broad SMARTS) is 3. The lowest BCUT2D eigenvalue weighted by Crippen LogP contribution is -2.42. The van der Waals surface area contributed by atoms with Crippen molar-refractivity contribution in [2.24, 2.45) is 0 Å². The molecule has 1 aromatic heterocycles. The Hall–Kier alpha value is -3.06. The van der Waals surface area contributed by atoms with Crippen LogP contribution in [0, 0.1) is 6.92 Å². The lowest BCUT2D eigenvalue weighted by atomic mass is 9.96. The Morgan fingerprint density at radius 1 is 0.972 bits per heavy atom. The van der Waals surface area contributed by atoms with Crippen LogP contribution in [0.5, 0.6) is 0 Å². The maximum absolute atomic E-state index is 12.4. The van der Waals surface area contributed by atoms with Crippen molar-refractivity contribution in [1.82, 2.24) is 14.8 Å². The van der Waals surface area contributed by atoms with Gasteiger partial charge >= 0.3 is 17.9 Å². The van der Waals surface area contributed by atoms with Gasteiger partial charge in [-0.05, 0) is 33.2 Å². The standard InChI is InChI=1S/C17H22ClN3OS.C6H8O7/c1-12-19-17(13-5-7-14(18)8-6-13)15(23-12)11-16(22)21(4)10-9-20(2)3;7-3(8)1-6(13,5(11)12)2-4(9)10/h5-8H,9-11H2,1-4H3;13H,1-2H2,(H,7,8)(H,9,10)(H,11,12). The molecule has 0 spiro atoms. The highest BCUT2D eigenvalue weighted by atomic mass is 35.5. The molecule has 2 rings (SSSR count). The van der Waals surface area contributed by atoms with Gasteiger partial charge in [0, 0.05) is 35.6 Å². The summed E-state index contributed by atoms with van der Waals surface area (Å²) in [5, 5.41) is 35.5. The molecule has 0 bridgehead atoms. The number of rotatable bonds is 11. The van der Waals surface area contributed by atoms with Gasteiger partial charge in [-0.15, -0.1) is 11.3 Å². The molecule has 13 heteroatoms. The SMILES string of the molecule is Cc1nc(-c2ccc(Cl)cc2)c(CC(=O)N(C)CCN(C)C)s1.O=C(O)CC(O)(CC(=O)O)C(=O)O. The van der Waals surface area contributed by atoms with Crippen LogP contribution in [0.4, 0.5) is 0 Å². The van der Waals surface area contributed by atoms with Crippen LogP contribution in [-0.4, -0.2) is 98.9 Å². The molecule has 0 saturated heterocycles. The Bertz CT molecular complexity index is 1060. The summed E-state index contributed by atoms with van der Waals surface area (Å²) in [5.41, 5.74) is -0.853. The summed E-state index contributed by atoms with van der Waals surface area (Å²) in [6, 6.07) is 7.59. The van der Waals surface area contributed by atoms with E-state index in [1.54, 1.807) is 16.2 Å². The first-order valence-corrected chi connectivity index (χ1v) is 11.8. The molecular formula is C23H30ClN3O8S. The number of carboxylic acids is 3. The van der Waals surface area contributed by atoms with Crippen molar-refractivity contribution in [2.75, 3.05) is 34.2 Å².